The zero-order valence-electron chi connectivity index (χ0n) is 12.7. The highest BCUT2D eigenvalue weighted by atomic mass is 35.5. The molecule has 2 bridgehead atoms. The van der Waals surface area contributed by atoms with Crippen LogP contribution in [0.4, 0.5) is 5.69 Å². The largest absolute Gasteiger partial charge is 0.378 e. The topological polar surface area (TPSA) is 24.9 Å². The molecule has 2 nitrogen and oxygen atoms in total. The summed E-state index contributed by atoms with van der Waals surface area (Å²) < 4.78 is 1.20. The van der Waals surface area contributed by atoms with E-state index in [1.807, 2.05) is 11.6 Å². The highest BCUT2D eigenvalue weighted by Crippen LogP contribution is 2.63. The minimum atomic E-state index is 0.314. The number of rotatable bonds is 2. The monoisotopic (exact) mass is 320 g/mol. The number of fused-ring (bicyclic) bond motifs is 3. The van der Waals surface area contributed by atoms with Gasteiger partial charge in [-0.3, -0.25) is 0 Å². The van der Waals surface area contributed by atoms with Gasteiger partial charge in [0.05, 0.1) is 20.9 Å². The first kappa shape index (κ1) is 13.8. The Morgan fingerprint density at radius 2 is 2.14 bits per heavy atom. The van der Waals surface area contributed by atoms with Crippen molar-refractivity contribution in [2.75, 3.05) is 5.32 Å². The summed E-state index contributed by atoms with van der Waals surface area (Å²) in [6, 6.07) is 4.52. The predicted molar refractivity (Wildman–Crippen MR) is 91.3 cm³/mol. The van der Waals surface area contributed by atoms with Gasteiger partial charge in [0.1, 0.15) is 5.52 Å². The number of hydrogen-bond acceptors (Lipinski definition) is 3. The summed E-state index contributed by atoms with van der Waals surface area (Å²) in [5.41, 5.74) is 4.65. The first-order chi connectivity index (χ1) is 9.92. The van der Waals surface area contributed by atoms with Gasteiger partial charge < -0.3 is 5.32 Å². The van der Waals surface area contributed by atoms with Crippen molar-refractivity contribution in [2.24, 2.45) is 16.7 Å². The van der Waals surface area contributed by atoms with E-state index in [2.05, 4.69) is 37.1 Å². The van der Waals surface area contributed by atoms with Gasteiger partial charge in [0.2, 0.25) is 0 Å². The van der Waals surface area contributed by atoms with E-state index in [-0.39, 0.29) is 0 Å². The molecule has 1 unspecified atom stereocenters. The van der Waals surface area contributed by atoms with Crippen molar-refractivity contribution in [1.82, 2.24) is 4.98 Å². The first-order valence-corrected chi connectivity index (χ1v) is 8.96. The Morgan fingerprint density at radius 3 is 2.86 bits per heavy atom. The molecule has 0 saturated heterocycles. The zero-order valence-corrected chi connectivity index (χ0v) is 14.3. The van der Waals surface area contributed by atoms with Crippen molar-refractivity contribution >= 4 is 38.8 Å². The van der Waals surface area contributed by atoms with Gasteiger partial charge in [-0.05, 0) is 48.1 Å². The fourth-order valence-electron chi connectivity index (χ4n) is 4.85. The van der Waals surface area contributed by atoms with Crippen LogP contribution in [0.25, 0.3) is 10.2 Å². The lowest BCUT2D eigenvalue weighted by Gasteiger charge is -2.43. The van der Waals surface area contributed by atoms with Crippen LogP contribution >= 0.6 is 22.9 Å². The number of halogens is 1. The SMILES string of the molecule is CC1(C)C(Nc2c(Cl)ccc3scnc23)[C@]2(C)CC[C@H]1C2. The average Bonchev–Trinajstić information content (AvgIpc) is 3.07. The van der Waals surface area contributed by atoms with Crippen molar-refractivity contribution in [3.63, 3.8) is 0 Å². The van der Waals surface area contributed by atoms with E-state index in [9.17, 15) is 0 Å². The summed E-state index contributed by atoms with van der Waals surface area (Å²) in [6.45, 7) is 7.26. The lowest BCUT2D eigenvalue weighted by molar-refractivity contribution is 0.155. The molecule has 2 aliphatic carbocycles. The number of benzene rings is 1. The Morgan fingerprint density at radius 1 is 1.33 bits per heavy atom. The number of nitrogens with one attached hydrogen (secondary N) is 1. The van der Waals surface area contributed by atoms with Gasteiger partial charge in [0.15, 0.2) is 0 Å². The van der Waals surface area contributed by atoms with Crippen LogP contribution in [0.5, 0.6) is 0 Å². The van der Waals surface area contributed by atoms with Gasteiger partial charge in [0.25, 0.3) is 0 Å². The number of hydrogen-bond donors (Lipinski definition) is 1. The Kier molecular flexibility index (Phi) is 2.87. The second-order valence-corrected chi connectivity index (χ2v) is 8.91. The fraction of sp³-hybridized carbons (Fsp3) is 0.588. The molecule has 0 radical (unpaired) electrons. The van der Waals surface area contributed by atoms with Crippen LogP contribution in [0, 0.1) is 16.7 Å². The molecule has 1 N–H and O–H groups in total. The minimum absolute atomic E-state index is 0.314. The summed E-state index contributed by atoms with van der Waals surface area (Å²) in [5, 5.41) is 4.60. The molecule has 1 aromatic carbocycles. The smallest absolute Gasteiger partial charge is 0.106 e. The fourth-order valence-corrected chi connectivity index (χ4v) is 5.74. The standard InChI is InChI=1S/C17H21ClN2S/c1-16(2)10-6-7-17(3,8-10)15(16)20-13-11(18)4-5-12-14(13)19-9-21-12/h4-5,9-10,15,20H,6-8H2,1-3H3/t10-,15?,17+/m0/s1. The van der Waals surface area contributed by atoms with Crippen molar-refractivity contribution in [1.29, 1.82) is 0 Å². The molecule has 0 amide bonds. The Bertz CT molecular complexity index is 703. The lowest BCUT2D eigenvalue weighted by atomic mass is 9.68. The third kappa shape index (κ3) is 1.86. The van der Waals surface area contributed by atoms with E-state index in [1.54, 1.807) is 11.3 Å². The third-order valence-electron chi connectivity index (χ3n) is 6.01. The maximum absolute atomic E-state index is 6.48. The van der Waals surface area contributed by atoms with E-state index in [1.165, 1.54) is 24.0 Å². The second-order valence-electron chi connectivity index (χ2n) is 7.61. The Hall–Kier alpha value is -0.800. The quantitative estimate of drug-likeness (QED) is 0.781. The van der Waals surface area contributed by atoms with Gasteiger partial charge in [-0.25, -0.2) is 4.98 Å². The molecule has 0 aliphatic heterocycles. The summed E-state index contributed by atoms with van der Waals surface area (Å²) >= 11 is 8.15. The van der Waals surface area contributed by atoms with E-state index < -0.39 is 0 Å². The molecule has 1 aromatic heterocycles. The van der Waals surface area contributed by atoms with Gasteiger partial charge in [-0.15, -0.1) is 11.3 Å². The molecule has 4 rings (SSSR count). The van der Waals surface area contributed by atoms with Crippen molar-refractivity contribution in [3.8, 4) is 0 Å². The number of nitrogens with zero attached hydrogens (tertiary/aromatic N) is 1. The first-order valence-electron chi connectivity index (χ1n) is 7.70. The number of aromatic nitrogens is 1. The molecule has 1 heterocycles. The molecule has 21 heavy (non-hydrogen) atoms. The van der Waals surface area contributed by atoms with Crippen LogP contribution in [-0.4, -0.2) is 11.0 Å². The van der Waals surface area contributed by atoms with Crippen molar-refractivity contribution < 1.29 is 0 Å². The minimum Gasteiger partial charge on any atom is -0.378 e. The van der Waals surface area contributed by atoms with Crippen LogP contribution in [0.3, 0.4) is 0 Å². The van der Waals surface area contributed by atoms with Crippen LogP contribution < -0.4 is 5.32 Å². The Labute approximate surface area is 134 Å². The average molecular weight is 321 g/mol. The second kappa shape index (κ2) is 4.36. The lowest BCUT2D eigenvalue weighted by Crippen LogP contribution is -2.45. The Balaban J connectivity index is 1.78. The van der Waals surface area contributed by atoms with Gasteiger partial charge >= 0.3 is 0 Å². The van der Waals surface area contributed by atoms with E-state index in [0.717, 1.165) is 22.1 Å². The molecule has 2 fully saturated rings. The van der Waals surface area contributed by atoms with Crippen LogP contribution in [0.15, 0.2) is 17.6 Å². The van der Waals surface area contributed by atoms with E-state index in [0.29, 0.717) is 16.9 Å². The van der Waals surface area contributed by atoms with Crippen LogP contribution in [0.2, 0.25) is 5.02 Å². The molecule has 0 spiro atoms. The predicted octanol–water partition coefficient (Wildman–Crippen LogP) is 5.58. The highest BCUT2D eigenvalue weighted by Gasteiger charge is 2.59. The summed E-state index contributed by atoms with van der Waals surface area (Å²) in [6.07, 6.45) is 4.03. The molecule has 112 valence electrons. The van der Waals surface area contributed by atoms with Crippen molar-refractivity contribution in [3.05, 3.63) is 22.7 Å². The van der Waals surface area contributed by atoms with Gasteiger partial charge in [-0.2, -0.15) is 0 Å². The maximum atomic E-state index is 6.48. The molecular formula is C17H21ClN2S. The third-order valence-corrected chi connectivity index (χ3v) is 7.12. The van der Waals surface area contributed by atoms with Crippen LogP contribution in [0.1, 0.15) is 40.0 Å². The zero-order chi connectivity index (χ0) is 14.8. The molecule has 2 saturated carbocycles. The molecular weight excluding hydrogens is 300 g/mol. The summed E-state index contributed by atoms with van der Waals surface area (Å²) in [5.74, 6) is 0.827. The molecule has 2 aliphatic rings. The number of thiazole rings is 1. The molecule has 4 heteroatoms. The maximum Gasteiger partial charge on any atom is 0.106 e. The summed E-state index contributed by atoms with van der Waals surface area (Å²) in [4.78, 5) is 4.53. The molecule has 3 atom stereocenters. The normalized spacial score (nSPS) is 33.7. The summed E-state index contributed by atoms with van der Waals surface area (Å²) in [7, 11) is 0. The number of anilines is 1. The highest BCUT2D eigenvalue weighted by molar-refractivity contribution is 7.16. The van der Waals surface area contributed by atoms with Crippen LogP contribution in [-0.2, 0) is 0 Å². The van der Waals surface area contributed by atoms with Gasteiger partial charge in [-0.1, -0.05) is 32.4 Å². The van der Waals surface area contributed by atoms with Crippen molar-refractivity contribution in [2.45, 2.75) is 46.1 Å². The molecule has 2 aromatic rings. The van der Waals surface area contributed by atoms with E-state index in [4.69, 9.17) is 11.6 Å². The van der Waals surface area contributed by atoms with E-state index >= 15 is 0 Å². The van der Waals surface area contributed by atoms with Gasteiger partial charge in [0, 0.05) is 6.04 Å².